The average Bonchev–Trinajstić information content (AvgIpc) is 3.16. The van der Waals surface area contributed by atoms with Gasteiger partial charge in [0.15, 0.2) is 0 Å². The van der Waals surface area contributed by atoms with E-state index in [0.717, 1.165) is 11.1 Å². The van der Waals surface area contributed by atoms with Crippen molar-refractivity contribution in [3.63, 3.8) is 0 Å². The van der Waals surface area contributed by atoms with Gasteiger partial charge in [-0.1, -0.05) is 88.4 Å². The summed E-state index contributed by atoms with van der Waals surface area (Å²) in [6, 6.07) is 13.2. The minimum Gasteiger partial charge on any atom is -0.350 e. The van der Waals surface area contributed by atoms with Crippen LogP contribution in [0, 0.1) is 11.8 Å². The lowest BCUT2D eigenvalue weighted by atomic mass is 9.98. The highest BCUT2D eigenvalue weighted by atomic mass is 16.2. The van der Waals surface area contributed by atoms with Crippen molar-refractivity contribution in [2.75, 3.05) is 0 Å². The number of benzene rings is 2. The fourth-order valence-electron chi connectivity index (χ4n) is 6.45. The minimum absolute atomic E-state index is 0.158. The Morgan fingerprint density at radius 2 is 0.857 bits per heavy atom. The summed E-state index contributed by atoms with van der Waals surface area (Å²) in [5.74, 6) is -4.29. The fourth-order valence-corrected chi connectivity index (χ4v) is 6.45. The zero-order valence-electron chi connectivity index (χ0n) is 32.6. The molecule has 56 heavy (non-hydrogen) atoms. The second-order valence-electron chi connectivity index (χ2n) is 15.0. The zero-order chi connectivity index (χ0) is 40.5. The molecule has 0 radical (unpaired) electrons. The van der Waals surface area contributed by atoms with E-state index in [1.165, 1.54) is 13.8 Å². The Morgan fingerprint density at radius 3 is 1.20 bits per heavy atom. The van der Waals surface area contributed by atoms with Gasteiger partial charge in [0.05, 0.1) is 23.2 Å². The van der Waals surface area contributed by atoms with Crippen LogP contribution in [0.25, 0.3) is 0 Å². The van der Waals surface area contributed by atoms with Gasteiger partial charge in [0.1, 0.15) is 24.2 Å². The third-order valence-corrected chi connectivity index (χ3v) is 9.73. The predicted molar refractivity (Wildman–Crippen MR) is 211 cm³/mol. The summed E-state index contributed by atoms with van der Waals surface area (Å²) in [5.41, 5.74) is 2.28. The summed E-state index contributed by atoms with van der Waals surface area (Å²) < 4.78 is 0. The topological polar surface area (TPSA) is 181 Å². The first-order valence-corrected chi connectivity index (χ1v) is 18.9. The highest BCUT2D eigenvalue weighted by molar-refractivity contribution is 6.02. The van der Waals surface area contributed by atoms with Crippen LogP contribution >= 0.6 is 0 Å². The summed E-state index contributed by atoms with van der Waals surface area (Å²) in [7, 11) is 0. The van der Waals surface area contributed by atoms with Crippen LogP contribution in [-0.2, 0) is 41.9 Å². The molecule has 3 aliphatic heterocycles. The number of carbonyl (C=O) groups excluding carboxylic acids is 6. The average molecular weight is 765 g/mol. The van der Waals surface area contributed by atoms with Gasteiger partial charge in [-0.25, -0.2) is 0 Å². The van der Waals surface area contributed by atoms with E-state index in [4.69, 9.17) is 0 Å². The van der Waals surface area contributed by atoms with Crippen LogP contribution in [-0.4, -0.2) is 81.5 Å². The Labute approximate surface area is 327 Å². The molecular formula is C42H52N8O6. The molecule has 0 saturated carbocycles. The number of rotatable bonds is 6. The summed E-state index contributed by atoms with van der Waals surface area (Å²) in [5, 5.41) is 16.8. The van der Waals surface area contributed by atoms with Crippen molar-refractivity contribution in [2.45, 2.75) is 90.9 Å². The molecule has 0 aromatic heterocycles. The van der Waals surface area contributed by atoms with Gasteiger partial charge in [-0.3, -0.25) is 28.8 Å². The Morgan fingerprint density at radius 1 is 0.500 bits per heavy atom. The van der Waals surface area contributed by atoms with E-state index in [9.17, 15) is 28.8 Å². The molecule has 6 N–H and O–H groups in total. The van der Waals surface area contributed by atoms with Gasteiger partial charge in [0, 0.05) is 37.9 Å². The number of nitrogens with zero attached hydrogens (tertiary/aromatic N) is 2. The highest BCUT2D eigenvalue weighted by Gasteiger charge is 2.35. The monoisotopic (exact) mass is 764 g/mol. The van der Waals surface area contributed by atoms with Crippen LogP contribution in [0.5, 0.6) is 0 Å². The Hall–Kier alpha value is -6.18. The maximum atomic E-state index is 14.0. The van der Waals surface area contributed by atoms with Crippen molar-refractivity contribution < 1.29 is 28.8 Å². The molecule has 6 atom stereocenters. The van der Waals surface area contributed by atoms with Crippen LogP contribution in [0.4, 0.5) is 0 Å². The molecule has 14 heteroatoms. The number of amides is 6. The molecule has 3 aliphatic rings. The van der Waals surface area contributed by atoms with Crippen molar-refractivity contribution in [1.82, 2.24) is 41.7 Å². The van der Waals surface area contributed by atoms with Crippen molar-refractivity contribution in [3.8, 4) is 0 Å². The largest absolute Gasteiger partial charge is 0.350 e. The van der Waals surface area contributed by atoms with Crippen molar-refractivity contribution in [2.24, 2.45) is 11.8 Å². The summed E-state index contributed by atoms with van der Waals surface area (Å²) in [6.07, 6.45) is 10.0. The molecule has 2 aromatic carbocycles. The van der Waals surface area contributed by atoms with E-state index in [-0.39, 0.29) is 23.0 Å². The second-order valence-corrected chi connectivity index (χ2v) is 15.0. The molecule has 1 saturated heterocycles. The SMILES string of the molecule is CC(C)[C@H]1NC(=O)C2=CN(Cc3ccccc3)C=C[C@@H]2NC(=O)[C@H](C)NC(=O)[C@@H](C(C)C)NC(=O)C2=CN(Cc3ccccc3)C=C[C@H]2NC(=O)[C@@H](C)NC1=O. The molecule has 14 nitrogen and oxygen atoms in total. The molecular weight excluding hydrogens is 713 g/mol. The summed E-state index contributed by atoms with van der Waals surface area (Å²) in [4.78, 5) is 86.4. The first kappa shape index (κ1) is 41.0. The lowest BCUT2D eigenvalue weighted by Crippen LogP contribution is -2.58. The van der Waals surface area contributed by atoms with E-state index < -0.39 is 71.7 Å². The summed E-state index contributed by atoms with van der Waals surface area (Å²) >= 11 is 0. The van der Waals surface area contributed by atoms with E-state index in [1.54, 1.807) is 74.4 Å². The maximum absolute atomic E-state index is 14.0. The van der Waals surface area contributed by atoms with E-state index >= 15 is 0 Å². The standard InChI is InChI=1S/C42H52N8O6/c1-25(2)35-41(55)43-27(5)37(51)46-34-18-20-50(22-30-15-11-8-12-16-30)24-32(34)40(54)48-36(26(3)4)42(56)44-28(6)38(52)45-33-17-19-49(23-31(33)39(53)47-35)21-29-13-9-7-10-14-29/h7-20,23-28,33-36H,21-22H2,1-6H3,(H,43,55)(H,44,56)(H,45,52)(H,46,51)(H,47,53)(H,48,54)/t27-,28+,33+,34-,35-,36-/m1/s1. The molecule has 0 bridgehead atoms. The molecule has 2 aromatic rings. The fraction of sp³-hybridized carbons (Fsp3) is 0.381. The highest BCUT2D eigenvalue weighted by Crippen LogP contribution is 2.20. The number of nitrogens with one attached hydrogen (secondary N) is 6. The van der Waals surface area contributed by atoms with Gasteiger partial charge in [-0.15, -0.1) is 0 Å². The molecule has 3 heterocycles. The predicted octanol–water partition coefficient (Wildman–Crippen LogP) is 2.09. The lowest BCUT2D eigenvalue weighted by Gasteiger charge is -2.31. The molecule has 0 unspecified atom stereocenters. The normalized spacial score (nSPS) is 25.4. The Bertz CT molecular complexity index is 1770. The summed E-state index contributed by atoms with van der Waals surface area (Å²) in [6.45, 7) is 11.0. The quantitative estimate of drug-likeness (QED) is 0.259. The zero-order valence-corrected chi connectivity index (χ0v) is 32.6. The van der Waals surface area contributed by atoms with Gasteiger partial charge in [-0.05, 0) is 49.0 Å². The first-order valence-electron chi connectivity index (χ1n) is 18.9. The van der Waals surface area contributed by atoms with Gasteiger partial charge in [0.2, 0.25) is 23.6 Å². The van der Waals surface area contributed by atoms with Crippen LogP contribution in [0.3, 0.4) is 0 Å². The maximum Gasteiger partial charge on any atom is 0.251 e. The number of hydrogen-bond acceptors (Lipinski definition) is 8. The molecule has 1 fully saturated rings. The van der Waals surface area contributed by atoms with E-state index in [0.29, 0.717) is 13.1 Å². The third kappa shape index (κ3) is 10.5. The Balaban J connectivity index is 1.46. The number of hydrogen-bond donors (Lipinski definition) is 6. The van der Waals surface area contributed by atoms with Gasteiger partial charge < -0.3 is 41.7 Å². The van der Waals surface area contributed by atoms with Crippen LogP contribution in [0.15, 0.2) is 109 Å². The smallest absolute Gasteiger partial charge is 0.251 e. The van der Waals surface area contributed by atoms with Gasteiger partial charge in [0.25, 0.3) is 11.8 Å². The van der Waals surface area contributed by atoms with Gasteiger partial charge >= 0.3 is 0 Å². The molecule has 5 rings (SSSR count). The van der Waals surface area contributed by atoms with Crippen molar-refractivity contribution in [1.29, 1.82) is 0 Å². The van der Waals surface area contributed by atoms with E-state index in [2.05, 4.69) is 31.9 Å². The van der Waals surface area contributed by atoms with Crippen LogP contribution in [0.2, 0.25) is 0 Å². The van der Waals surface area contributed by atoms with Crippen LogP contribution < -0.4 is 31.9 Å². The third-order valence-electron chi connectivity index (χ3n) is 9.73. The molecule has 6 amide bonds. The minimum atomic E-state index is -1.06. The van der Waals surface area contributed by atoms with Crippen LogP contribution in [0.1, 0.15) is 52.7 Å². The molecule has 0 aliphatic carbocycles. The second kappa shape index (κ2) is 18.4. The van der Waals surface area contributed by atoms with Gasteiger partial charge in [-0.2, -0.15) is 0 Å². The first-order chi connectivity index (χ1) is 26.7. The van der Waals surface area contributed by atoms with E-state index in [1.807, 2.05) is 60.7 Å². The van der Waals surface area contributed by atoms with Crippen molar-refractivity contribution in [3.05, 3.63) is 120 Å². The molecule has 0 spiro atoms. The lowest BCUT2D eigenvalue weighted by molar-refractivity contribution is -0.133. The van der Waals surface area contributed by atoms with Crippen molar-refractivity contribution >= 4 is 35.4 Å². The number of fused-ring (bicyclic) bond motifs is 2. The molecule has 296 valence electrons. The Kier molecular flexibility index (Phi) is 13.5. The number of carbonyl (C=O) groups is 6.